The number of carboxylic acids is 1. The quantitative estimate of drug-likeness (QED) is 0.877. The third-order valence-corrected chi connectivity index (χ3v) is 4.86. The molecule has 1 N–H and O–H groups in total. The molecule has 0 saturated carbocycles. The van der Waals surface area contributed by atoms with E-state index in [1.54, 1.807) is 11.3 Å². The molecule has 1 aromatic rings. The van der Waals surface area contributed by atoms with E-state index in [1.807, 2.05) is 5.38 Å². The van der Waals surface area contributed by atoms with Gasteiger partial charge in [-0.2, -0.15) is 0 Å². The molecule has 0 spiro atoms. The highest BCUT2D eigenvalue weighted by Gasteiger charge is 2.25. The summed E-state index contributed by atoms with van der Waals surface area (Å²) in [6.07, 6.45) is 5.59. The van der Waals surface area contributed by atoms with Crippen molar-refractivity contribution in [1.82, 2.24) is 9.88 Å². The molecule has 0 bridgehead atoms. The van der Waals surface area contributed by atoms with Crippen molar-refractivity contribution in [2.24, 2.45) is 0 Å². The van der Waals surface area contributed by atoms with Gasteiger partial charge in [-0.25, -0.2) is 4.98 Å². The van der Waals surface area contributed by atoms with Gasteiger partial charge in [0.05, 0.1) is 17.1 Å². The fourth-order valence-corrected chi connectivity index (χ4v) is 3.82. The number of aliphatic carboxylic acids is 1. The van der Waals surface area contributed by atoms with Gasteiger partial charge < -0.3 is 5.11 Å². The normalized spacial score (nSPS) is 20.4. The smallest absolute Gasteiger partial charge is 0.303 e. The molecular weight excluding hydrogens is 272 g/mol. The minimum absolute atomic E-state index is 0.171. The number of rotatable bonds is 6. The number of aryl methyl sites for hydroxylation is 1. The lowest BCUT2D eigenvalue weighted by Gasteiger charge is -2.38. The van der Waals surface area contributed by atoms with Crippen LogP contribution in [-0.4, -0.2) is 39.6 Å². The van der Waals surface area contributed by atoms with Crippen LogP contribution in [0.1, 0.15) is 50.2 Å². The SMILES string of the molecule is CC(C)N1CCCCC1Cc1nc(CCC(=O)O)cs1. The number of carboxylic acid groups (broad SMARTS) is 1. The minimum atomic E-state index is -0.752. The molecule has 4 nitrogen and oxygen atoms in total. The van der Waals surface area contributed by atoms with E-state index in [9.17, 15) is 4.79 Å². The van der Waals surface area contributed by atoms with Crippen LogP contribution in [0.15, 0.2) is 5.38 Å². The zero-order valence-corrected chi connectivity index (χ0v) is 13.2. The van der Waals surface area contributed by atoms with Gasteiger partial charge in [0.2, 0.25) is 0 Å². The molecule has 0 amide bonds. The first kappa shape index (κ1) is 15.4. The molecule has 2 rings (SSSR count). The Morgan fingerprint density at radius 1 is 1.55 bits per heavy atom. The van der Waals surface area contributed by atoms with Crippen LogP contribution in [0.25, 0.3) is 0 Å². The summed E-state index contributed by atoms with van der Waals surface area (Å²) in [6.45, 7) is 5.72. The Hall–Kier alpha value is -0.940. The van der Waals surface area contributed by atoms with Crippen molar-refractivity contribution >= 4 is 17.3 Å². The number of hydrogen-bond donors (Lipinski definition) is 1. The van der Waals surface area contributed by atoms with E-state index >= 15 is 0 Å². The molecule has 0 radical (unpaired) electrons. The Kier molecular flexibility index (Phi) is 5.54. The van der Waals surface area contributed by atoms with Crippen LogP contribution in [0.2, 0.25) is 0 Å². The largest absolute Gasteiger partial charge is 0.481 e. The molecule has 20 heavy (non-hydrogen) atoms. The maximum atomic E-state index is 10.6. The predicted octanol–water partition coefficient (Wildman–Crippen LogP) is 2.97. The number of carbonyl (C=O) groups is 1. The van der Waals surface area contributed by atoms with Gasteiger partial charge in [-0.1, -0.05) is 6.42 Å². The van der Waals surface area contributed by atoms with Gasteiger partial charge in [0, 0.05) is 30.3 Å². The van der Waals surface area contributed by atoms with E-state index in [2.05, 4.69) is 23.7 Å². The fraction of sp³-hybridized carbons (Fsp3) is 0.733. The van der Waals surface area contributed by atoms with Crippen LogP contribution in [0, 0.1) is 0 Å². The van der Waals surface area contributed by atoms with Crippen LogP contribution in [0.4, 0.5) is 0 Å². The zero-order valence-electron chi connectivity index (χ0n) is 12.3. The topological polar surface area (TPSA) is 53.4 Å². The van der Waals surface area contributed by atoms with Gasteiger partial charge in [-0.15, -0.1) is 11.3 Å². The monoisotopic (exact) mass is 296 g/mol. The van der Waals surface area contributed by atoms with E-state index in [0.717, 1.165) is 17.1 Å². The summed E-state index contributed by atoms with van der Waals surface area (Å²) < 4.78 is 0. The van der Waals surface area contributed by atoms with Gasteiger partial charge in [0.25, 0.3) is 0 Å². The van der Waals surface area contributed by atoms with Gasteiger partial charge in [0.15, 0.2) is 0 Å². The van der Waals surface area contributed by atoms with Crippen molar-refractivity contribution in [1.29, 1.82) is 0 Å². The van der Waals surface area contributed by atoms with Gasteiger partial charge in [0.1, 0.15) is 0 Å². The summed E-state index contributed by atoms with van der Waals surface area (Å²) in [5, 5.41) is 11.9. The lowest BCUT2D eigenvalue weighted by molar-refractivity contribution is -0.136. The van der Waals surface area contributed by atoms with E-state index in [-0.39, 0.29) is 6.42 Å². The van der Waals surface area contributed by atoms with Crippen LogP contribution < -0.4 is 0 Å². The minimum Gasteiger partial charge on any atom is -0.481 e. The van der Waals surface area contributed by atoms with Crippen molar-refractivity contribution in [2.45, 2.75) is 64.5 Å². The second-order valence-corrected chi connectivity index (χ2v) is 6.75. The van der Waals surface area contributed by atoms with Crippen molar-refractivity contribution in [3.05, 3.63) is 16.1 Å². The number of piperidine rings is 1. The van der Waals surface area contributed by atoms with Gasteiger partial charge in [-0.05, 0) is 33.2 Å². The summed E-state index contributed by atoms with van der Waals surface area (Å²) in [6, 6.07) is 1.19. The summed E-state index contributed by atoms with van der Waals surface area (Å²) in [4.78, 5) is 17.8. The van der Waals surface area contributed by atoms with Crippen molar-refractivity contribution in [3.8, 4) is 0 Å². The molecule has 1 aliphatic heterocycles. The first-order valence-electron chi connectivity index (χ1n) is 7.47. The number of aromatic nitrogens is 1. The molecule has 1 unspecified atom stereocenters. The highest BCUT2D eigenvalue weighted by Crippen LogP contribution is 2.24. The zero-order chi connectivity index (χ0) is 14.5. The summed E-state index contributed by atoms with van der Waals surface area (Å²) in [5.41, 5.74) is 0.930. The Morgan fingerprint density at radius 3 is 3.05 bits per heavy atom. The molecule has 1 aliphatic rings. The molecular formula is C15H24N2O2S. The maximum absolute atomic E-state index is 10.6. The molecule has 5 heteroatoms. The molecule has 1 aromatic heterocycles. The van der Waals surface area contributed by atoms with Gasteiger partial charge in [-0.3, -0.25) is 9.69 Å². The highest BCUT2D eigenvalue weighted by atomic mass is 32.1. The summed E-state index contributed by atoms with van der Waals surface area (Å²) >= 11 is 1.68. The molecule has 0 aliphatic carbocycles. The Morgan fingerprint density at radius 2 is 2.35 bits per heavy atom. The van der Waals surface area contributed by atoms with E-state index in [1.165, 1.54) is 25.8 Å². The van der Waals surface area contributed by atoms with Crippen molar-refractivity contribution in [2.75, 3.05) is 6.54 Å². The second kappa shape index (κ2) is 7.18. The molecule has 1 atom stereocenters. The first-order chi connectivity index (χ1) is 9.56. The van der Waals surface area contributed by atoms with Crippen LogP contribution >= 0.6 is 11.3 Å². The Labute approximate surface area is 124 Å². The van der Waals surface area contributed by atoms with Crippen molar-refractivity contribution < 1.29 is 9.90 Å². The highest BCUT2D eigenvalue weighted by molar-refractivity contribution is 7.09. The third-order valence-electron chi connectivity index (χ3n) is 3.94. The number of likely N-dealkylation sites (tertiary alicyclic amines) is 1. The van der Waals surface area contributed by atoms with Crippen LogP contribution in [0.5, 0.6) is 0 Å². The predicted molar refractivity (Wildman–Crippen MR) is 81.3 cm³/mol. The number of nitrogens with zero attached hydrogens (tertiary/aromatic N) is 2. The van der Waals surface area contributed by atoms with Crippen LogP contribution in [0.3, 0.4) is 0 Å². The summed E-state index contributed by atoms with van der Waals surface area (Å²) in [7, 11) is 0. The second-order valence-electron chi connectivity index (χ2n) is 5.81. The van der Waals surface area contributed by atoms with E-state index in [0.29, 0.717) is 18.5 Å². The maximum Gasteiger partial charge on any atom is 0.303 e. The molecule has 2 heterocycles. The van der Waals surface area contributed by atoms with Crippen molar-refractivity contribution in [3.63, 3.8) is 0 Å². The molecule has 0 aromatic carbocycles. The average molecular weight is 296 g/mol. The molecule has 1 fully saturated rings. The average Bonchev–Trinajstić information content (AvgIpc) is 2.84. The lowest BCUT2D eigenvalue weighted by atomic mass is 9.98. The molecule has 112 valence electrons. The molecule has 1 saturated heterocycles. The first-order valence-corrected chi connectivity index (χ1v) is 8.35. The fourth-order valence-electron chi connectivity index (χ4n) is 2.92. The van der Waals surface area contributed by atoms with E-state index < -0.39 is 5.97 Å². The number of thiazole rings is 1. The van der Waals surface area contributed by atoms with E-state index in [4.69, 9.17) is 5.11 Å². The number of hydrogen-bond acceptors (Lipinski definition) is 4. The Balaban J connectivity index is 1.93. The standard InChI is InChI=1S/C15H24N2O2S/c1-11(2)17-8-4-3-5-13(17)9-14-16-12(10-20-14)6-7-15(18)19/h10-11,13H,3-9H2,1-2H3,(H,18,19). The van der Waals surface area contributed by atoms with Crippen LogP contribution in [-0.2, 0) is 17.6 Å². The third kappa shape index (κ3) is 4.28. The summed E-state index contributed by atoms with van der Waals surface area (Å²) in [5.74, 6) is -0.752. The lowest BCUT2D eigenvalue weighted by Crippen LogP contribution is -2.44. The van der Waals surface area contributed by atoms with Gasteiger partial charge >= 0.3 is 5.97 Å². The Bertz CT molecular complexity index is 445.